The van der Waals surface area contributed by atoms with Crippen LogP contribution >= 0.6 is 27.3 Å². The summed E-state index contributed by atoms with van der Waals surface area (Å²) in [5, 5.41) is 2.03. The number of hydrogen-bond donors (Lipinski definition) is 0. The molecule has 1 aliphatic heterocycles. The minimum Gasteiger partial charge on any atom is -0.493 e. The lowest BCUT2D eigenvalue weighted by Crippen LogP contribution is -2.15. The fourth-order valence-electron chi connectivity index (χ4n) is 4.02. The third kappa shape index (κ3) is 3.26. The Labute approximate surface area is 182 Å². The summed E-state index contributed by atoms with van der Waals surface area (Å²) in [7, 11) is 3.26. The number of halogens is 1. The molecule has 0 spiro atoms. The molecule has 3 aromatic rings. The van der Waals surface area contributed by atoms with Crippen molar-refractivity contribution in [2.75, 3.05) is 20.8 Å². The number of hydrogen-bond acceptors (Lipinski definition) is 5. The highest BCUT2D eigenvalue weighted by atomic mass is 79.9. The van der Waals surface area contributed by atoms with Crippen LogP contribution in [0.2, 0.25) is 0 Å². The van der Waals surface area contributed by atoms with E-state index in [1.165, 1.54) is 0 Å². The van der Waals surface area contributed by atoms with Crippen molar-refractivity contribution in [1.29, 1.82) is 0 Å². The maximum Gasteiger partial charge on any atom is 0.341 e. The first-order valence-corrected chi connectivity index (χ1v) is 11.1. The van der Waals surface area contributed by atoms with Gasteiger partial charge < -0.3 is 18.8 Å². The van der Waals surface area contributed by atoms with Crippen molar-refractivity contribution in [2.24, 2.45) is 0 Å². The zero-order valence-electron chi connectivity index (χ0n) is 16.8. The number of nitrogens with zero attached hydrogens (tertiary/aromatic N) is 1. The lowest BCUT2D eigenvalue weighted by atomic mass is 9.94. The first-order valence-electron chi connectivity index (χ1n) is 9.40. The second kappa shape index (κ2) is 7.88. The highest BCUT2D eigenvalue weighted by Gasteiger charge is 2.32. The van der Waals surface area contributed by atoms with Gasteiger partial charge in [0.1, 0.15) is 0 Å². The molecule has 0 saturated heterocycles. The van der Waals surface area contributed by atoms with Crippen molar-refractivity contribution in [3.63, 3.8) is 0 Å². The molecular formula is C22H22BrNO4S. The summed E-state index contributed by atoms with van der Waals surface area (Å²) in [6.07, 6.45) is 0.855. The van der Waals surface area contributed by atoms with E-state index in [1.54, 1.807) is 25.6 Å². The summed E-state index contributed by atoms with van der Waals surface area (Å²) in [6, 6.07) is 6.03. The highest BCUT2D eigenvalue weighted by Crippen LogP contribution is 2.46. The molecule has 0 aliphatic carbocycles. The molecule has 0 amide bonds. The molecule has 152 valence electrons. The number of aromatic nitrogens is 1. The molecule has 3 heterocycles. The molecular weight excluding hydrogens is 454 g/mol. The van der Waals surface area contributed by atoms with E-state index in [9.17, 15) is 4.79 Å². The van der Waals surface area contributed by atoms with Gasteiger partial charge in [0.15, 0.2) is 11.5 Å². The molecule has 0 unspecified atom stereocenters. The zero-order chi connectivity index (χ0) is 20.7. The average Bonchev–Trinajstić information content (AvgIpc) is 3.27. The molecule has 4 rings (SSSR count). The Morgan fingerprint density at radius 2 is 1.93 bits per heavy atom. The first-order chi connectivity index (χ1) is 14.0. The zero-order valence-corrected chi connectivity index (χ0v) is 19.2. The molecule has 29 heavy (non-hydrogen) atoms. The van der Waals surface area contributed by atoms with Crippen molar-refractivity contribution < 1.29 is 19.0 Å². The molecule has 0 saturated carbocycles. The normalized spacial score (nSPS) is 12.3. The summed E-state index contributed by atoms with van der Waals surface area (Å²) in [5.41, 5.74) is 5.64. The molecule has 1 aromatic carbocycles. The quantitative estimate of drug-likeness (QED) is 0.443. The molecule has 5 nitrogen and oxygen atoms in total. The Bertz CT molecular complexity index is 1100. The number of thiophene rings is 1. The van der Waals surface area contributed by atoms with Crippen molar-refractivity contribution in [3.05, 3.63) is 44.9 Å². The number of carbonyl (C=O) groups is 1. The van der Waals surface area contributed by atoms with Gasteiger partial charge in [-0.1, -0.05) is 0 Å². The number of ether oxygens (including phenoxy) is 3. The van der Waals surface area contributed by atoms with E-state index in [2.05, 4.69) is 33.5 Å². The number of methoxy groups -OCH3 is 2. The second-order valence-electron chi connectivity index (χ2n) is 6.80. The van der Waals surface area contributed by atoms with Gasteiger partial charge in [-0.3, -0.25) is 0 Å². The van der Waals surface area contributed by atoms with Crippen molar-refractivity contribution >= 4 is 33.2 Å². The highest BCUT2D eigenvalue weighted by molar-refractivity contribution is 9.10. The van der Waals surface area contributed by atoms with Gasteiger partial charge >= 0.3 is 5.97 Å². The molecule has 2 aromatic heterocycles. The van der Waals surface area contributed by atoms with Crippen LogP contribution in [0.15, 0.2) is 28.1 Å². The van der Waals surface area contributed by atoms with Gasteiger partial charge in [-0.05, 0) is 60.0 Å². The van der Waals surface area contributed by atoms with E-state index in [1.807, 2.05) is 24.4 Å². The molecule has 7 heteroatoms. The average molecular weight is 476 g/mol. The maximum absolute atomic E-state index is 13.1. The lowest BCUT2D eigenvalue weighted by Gasteiger charge is -2.23. The predicted molar refractivity (Wildman–Crippen MR) is 118 cm³/mol. The molecule has 0 atom stereocenters. The van der Waals surface area contributed by atoms with Gasteiger partial charge in [-0.25, -0.2) is 4.79 Å². The Morgan fingerprint density at radius 1 is 1.21 bits per heavy atom. The Hall–Kier alpha value is -2.25. The van der Waals surface area contributed by atoms with E-state index in [4.69, 9.17) is 14.2 Å². The molecule has 0 N–H and O–H groups in total. The first kappa shape index (κ1) is 20.0. The number of esters is 1. The largest absolute Gasteiger partial charge is 0.493 e. The van der Waals surface area contributed by atoms with E-state index in [-0.39, 0.29) is 5.97 Å². The van der Waals surface area contributed by atoms with Gasteiger partial charge in [-0.15, -0.1) is 11.3 Å². The Balaban J connectivity index is 2.03. The summed E-state index contributed by atoms with van der Waals surface area (Å²) in [6.45, 7) is 5.02. The van der Waals surface area contributed by atoms with Gasteiger partial charge in [-0.2, -0.15) is 0 Å². The van der Waals surface area contributed by atoms with Crippen LogP contribution in [0.5, 0.6) is 11.5 Å². The number of fused-ring (bicyclic) bond motifs is 3. The smallest absolute Gasteiger partial charge is 0.341 e. The van der Waals surface area contributed by atoms with E-state index >= 15 is 0 Å². The van der Waals surface area contributed by atoms with E-state index in [0.717, 1.165) is 50.4 Å². The predicted octanol–water partition coefficient (Wildman–Crippen LogP) is 5.70. The van der Waals surface area contributed by atoms with Gasteiger partial charge in [0.05, 0.1) is 32.1 Å². The van der Waals surface area contributed by atoms with E-state index < -0.39 is 0 Å². The third-order valence-corrected chi connectivity index (χ3v) is 6.99. The van der Waals surface area contributed by atoms with Gasteiger partial charge in [0.2, 0.25) is 0 Å². The van der Waals surface area contributed by atoms with Crippen LogP contribution in [-0.2, 0) is 17.7 Å². The van der Waals surface area contributed by atoms with Gasteiger partial charge in [0.25, 0.3) is 0 Å². The SMILES string of the molecule is CCOC(=O)c1c(-c2cc(Br)cs2)c(C)n2c1-c1cc(OC)c(OC)cc1CC2. The Morgan fingerprint density at radius 3 is 2.55 bits per heavy atom. The Kier molecular flexibility index (Phi) is 5.44. The van der Waals surface area contributed by atoms with Crippen LogP contribution in [0, 0.1) is 6.92 Å². The second-order valence-corrected chi connectivity index (χ2v) is 8.63. The van der Waals surface area contributed by atoms with Crippen LogP contribution in [0.4, 0.5) is 0 Å². The fraction of sp³-hybridized carbons (Fsp3) is 0.318. The molecule has 0 bridgehead atoms. The molecule has 1 aliphatic rings. The number of benzene rings is 1. The topological polar surface area (TPSA) is 49.7 Å². The number of rotatable bonds is 5. The third-order valence-electron chi connectivity index (χ3n) is 5.29. The minimum atomic E-state index is -0.300. The summed E-state index contributed by atoms with van der Waals surface area (Å²) in [5.74, 6) is 1.04. The molecule has 0 radical (unpaired) electrons. The number of carbonyl (C=O) groups excluding carboxylic acids is 1. The van der Waals surface area contributed by atoms with Crippen LogP contribution in [0.1, 0.15) is 28.5 Å². The van der Waals surface area contributed by atoms with Crippen molar-refractivity contribution in [1.82, 2.24) is 4.57 Å². The summed E-state index contributed by atoms with van der Waals surface area (Å²) in [4.78, 5) is 14.2. The van der Waals surface area contributed by atoms with Crippen LogP contribution in [0.25, 0.3) is 21.7 Å². The van der Waals surface area contributed by atoms with E-state index in [0.29, 0.717) is 23.7 Å². The summed E-state index contributed by atoms with van der Waals surface area (Å²) < 4.78 is 19.7. The standard InChI is InChI=1S/C22H22BrNO4S/c1-5-28-22(25)20-19(18-9-14(23)11-29-18)12(2)24-7-6-13-8-16(26-3)17(27-4)10-15(13)21(20)24/h8-11H,5-7H2,1-4H3. The lowest BCUT2D eigenvalue weighted by molar-refractivity contribution is 0.0528. The monoisotopic (exact) mass is 475 g/mol. The van der Waals surface area contributed by atoms with Gasteiger partial charge in [0, 0.05) is 38.1 Å². The number of aryl methyl sites for hydroxylation is 1. The molecule has 0 fully saturated rings. The van der Waals surface area contributed by atoms with Crippen LogP contribution in [0.3, 0.4) is 0 Å². The van der Waals surface area contributed by atoms with Crippen LogP contribution in [-0.4, -0.2) is 31.4 Å². The van der Waals surface area contributed by atoms with Crippen molar-refractivity contribution in [3.8, 4) is 33.2 Å². The minimum absolute atomic E-state index is 0.300. The van der Waals surface area contributed by atoms with Crippen molar-refractivity contribution in [2.45, 2.75) is 26.8 Å². The summed E-state index contributed by atoms with van der Waals surface area (Å²) >= 11 is 5.15. The maximum atomic E-state index is 13.1. The fourth-order valence-corrected chi connectivity index (χ4v) is 5.56. The van der Waals surface area contributed by atoms with Crippen LogP contribution < -0.4 is 9.47 Å².